The molecule has 15 atom stereocenters. The molecule has 7 aliphatic rings. The van der Waals surface area contributed by atoms with Gasteiger partial charge in [0.15, 0.2) is 17.6 Å². The van der Waals surface area contributed by atoms with Gasteiger partial charge in [0.1, 0.15) is 11.7 Å². The molecule has 8 rings (SSSR count). The fourth-order valence-corrected chi connectivity index (χ4v) is 12.7. The van der Waals surface area contributed by atoms with Crippen molar-refractivity contribution < 1.29 is 49.3 Å². The number of fused-ring (bicyclic) bond motifs is 5. The van der Waals surface area contributed by atoms with E-state index < -0.39 is 70.0 Å². The highest BCUT2D eigenvalue weighted by Crippen LogP contribution is 2.77. The van der Waals surface area contributed by atoms with Crippen LogP contribution in [0.4, 0.5) is 0 Å². The summed E-state index contributed by atoms with van der Waals surface area (Å²) < 4.78 is 23.7. The van der Waals surface area contributed by atoms with Crippen LogP contribution in [0.15, 0.2) is 18.2 Å². The quantitative estimate of drug-likeness (QED) is 0.302. The first-order valence-corrected chi connectivity index (χ1v) is 17.6. The summed E-state index contributed by atoms with van der Waals surface area (Å²) in [5.74, 6) is -3.32. The molecule has 5 N–H and O–H groups in total. The molecule has 1 spiro atoms. The summed E-state index contributed by atoms with van der Waals surface area (Å²) in [7, 11) is 3.01. The van der Waals surface area contributed by atoms with Crippen LogP contribution in [0.2, 0.25) is 0 Å². The highest BCUT2D eigenvalue weighted by atomic mass is 16.7. The number of esters is 1. The Bertz CT molecular complexity index is 1450. The highest BCUT2D eigenvalue weighted by Gasteiger charge is 2.85. The molecule has 7 unspecified atom stereocenters. The summed E-state index contributed by atoms with van der Waals surface area (Å²) >= 11 is 0. The van der Waals surface area contributed by atoms with Crippen molar-refractivity contribution in [1.82, 2.24) is 4.90 Å². The third-order valence-corrected chi connectivity index (χ3v) is 14.7. The Morgan fingerprint density at radius 1 is 0.957 bits per heavy atom. The van der Waals surface area contributed by atoms with Gasteiger partial charge in [0.2, 0.25) is 5.79 Å². The van der Waals surface area contributed by atoms with Crippen LogP contribution in [-0.2, 0) is 9.47 Å². The number of aliphatic hydroxyl groups excluding tert-OH is 2. The zero-order valence-corrected chi connectivity index (χ0v) is 28.1. The zero-order chi connectivity index (χ0) is 33.5. The van der Waals surface area contributed by atoms with Crippen LogP contribution in [0.5, 0.6) is 11.5 Å². The molecule has 47 heavy (non-hydrogen) atoms. The number of carbonyl (C=O) groups is 1. The second-order valence-corrected chi connectivity index (χ2v) is 16.5. The van der Waals surface area contributed by atoms with Gasteiger partial charge in [-0.3, -0.25) is 4.90 Å². The Hall–Kier alpha value is -1.99. The number of rotatable bonds is 4. The largest absolute Gasteiger partial charge is 0.493 e. The minimum Gasteiger partial charge on any atom is -0.493 e. The molecule has 11 heteroatoms. The molecule has 260 valence electrons. The van der Waals surface area contributed by atoms with Gasteiger partial charge >= 0.3 is 5.97 Å². The molecule has 0 amide bonds. The molecule has 1 aromatic carbocycles. The maximum atomic E-state index is 13.5. The Morgan fingerprint density at radius 2 is 1.68 bits per heavy atom. The van der Waals surface area contributed by atoms with E-state index in [9.17, 15) is 30.3 Å². The second kappa shape index (κ2) is 10.3. The summed E-state index contributed by atoms with van der Waals surface area (Å²) in [6, 6.07) is 4.65. The number of piperidine rings is 2. The van der Waals surface area contributed by atoms with Crippen molar-refractivity contribution in [1.29, 1.82) is 0 Å². The third-order valence-electron chi connectivity index (χ3n) is 14.7. The number of hydrogen-bond acceptors (Lipinski definition) is 11. The SMILES string of the molecule is COc1ccc(C(=O)O[C@H]2CC[C@@]3(C)C4CCC5[C@@]6(O)C(C[C@@]53O[C@@]42O)C2CN3C[C@@H](C)CC[C@H]3C(C)(O)C2C(O)[C@@H]6O)cc1OC. The van der Waals surface area contributed by atoms with Gasteiger partial charge in [-0.2, -0.15) is 0 Å². The summed E-state index contributed by atoms with van der Waals surface area (Å²) in [4.78, 5) is 15.8. The van der Waals surface area contributed by atoms with Crippen molar-refractivity contribution in [2.24, 2.45) is 40.9 Å². The molecule has 4 saturated carbocycles. The normalized spacial score (nSPS) is 52.9. The van der Waals surface area contributed by atoms with E-state index in [4.69, 9.17) is 18.9 Å². The van der Waals surface area contributed by atoms with E-state index in [0.29, 0.717) is 56.1 Å². The van der Waals surface area contributed by atoms with Crippen molar-refractivity contribution in [2.75, 3.05) is 27.3 Å². The average molecular weight is 658 g/mol. The molecular weight excluding hydrogens is 606 g/mol. The molecule has 4 aliphatic carbocycles. The maximum Gasteiger partial charge on any atom is 0.338 e. The third kappa shape index (κ3) is 3.91. The van der Waals surface area contributed by atoms with E-state index >= 15 is 0 Å². The Labute approximate surface area is 276 Å². The smallest absolute Gasteiger partial charge is 0.338 e. The van der Waals surface area contributed by atoms with Gasteiger partial charge in [0.25, 0.3) is 0 Å². The molecule has 11 nitrogen and oxygen atoms in total. The summed E-state index contributed by atoms with van der Waals surface area (Å²) in [5.41, 5.74) is -4.24. The van der Waals surface area contributed by atoms with E-state index in [2.05, 4.69) is 18.7 Å². The lowest BCUT2D eigenvalue weighted by molar-refractivity contribution is -0.290. The summed E-state index contributed by atoms with van der Waals surface area (Å²) in [6.45, 7) is 7.60. The van der Waals surface area contributed by atoms with Gasteiger partial charge in [-0.1, -0.05) is 13.8 Å². The van der Waals surface area contributed by atoms with E-state index in [1.807, 2.05) is 0 Å². The van der Waals surface area contributed by atoms with Crippen molar-refractivity contribution in [3.05, 3.63) is 23.8 Å². The molecule has 3 aliphatic heterocycles. The number of hydrogen-bond donors (Lipinski definition) is 5. The van der Waals surface area contributed by atoms with Crippen LogP contribution in [0.3, 0.4) is 0 Å². The second-order valence-electron chi connectivity index (χ2n) is 16.5. The zero-order valence-electron chi connectivity index (χ0n) is 28.1. The molecule has 3 heterocycles. The lowest BCUT2D eigenvalue weighted by Crippen LogP contribution is -2.76. The number of ether oxygens (including phenoxy) is 4. The number of carbonyl (C=O) groups excluding carboxylic acids is 1. The molecule has 0 aromatic heterocycles. The molecule has 4 bridgehead atoms. The van der Waals surface area contributed by atoms with Crippen LogP contribution in [0.25, 0.3) is 0 Å². The number of nitrogens with zero attached hydrogens (tertiary/aromatic N) is 1. The van der Waals surface area contributed by atoms with Gasteiger partial charge in [-0.25, -0.2) is 4.79 Å². The van der Waals surface area contributed by atoms with Crippen LogP contribution >= 0.6 is 0 Å². The lowest BCUT2D eigenvalue weighted by atomic mass is 9.49. The monoisotopic (exact) mass is 657 g/mol. The van der Waals surface area contributed by atoms with Crippen LogP contribution in [-0.4, -0.2) is 111 Å². The maximum absolute atomic E-state index is 13.5. The van der Waals surface area contributed by atoms with Gasteiger partial charge in [-0.05, 0) is 87.8 Å². The fourth-order valence-electron chi connectivity index (χ4n) is 12.7. The molecule has 0 radical (unpaired) electrons. The Balaban J connectivity index is 1.14. The molecule has 7 fully saturated rings. The van der Waals surface area contributed by atoms with Crippen LogP contribution in [0.1, 0.15) is 76.1 Å². The fraction of sp³-hybridized carbons (Fsp3) is 0.806. The lowest BCUT2D eigenvalue weighted by Gasteiger charge is -2.63. The van der Waals surface area contributed by atoms with Crippen molar-refractivity contribution >= 4 is 5.97 Å². The van der Waals surface area contributed by atoms with Crippen molar-refractivity contribution in [3.63, 3.8) is 0 Å². The van der Waals surface area contributed by atoms with Gasteiger partial charge in [0, 0.05) is 42.3 Å². The molecule has 3 saturated heterocycles. The first kappa shape index (κ1) is 32.2. The first-order valence-electron chi connectivity index (χ1n) is 17.6. The van der Waals surface area contributed by atoms with E-state index in [0.717, 1.165) is 19.4 Å². The Morgan fingerprint density at radius 3 is 2.40 bits per heavy atom. The topological polar surface area (TPSA) is 158 Å². The van der Waals surface area contributed by atoms with Crippen molar-refractivity contribution in [3.8, 4) is 11.5 Å². The number of aliphatic hydroxyl groups is 5. The highest BCUT2D eigenvalue weighted by molar-refractivity contribution is 5.90. The first-order chi connectivity index (χ1) is 22.2. The van der Waals surface area contributed by atoms with E-state index in [1.165, 1.54) is 14.2 Å². The summed E-state index contributed by atoms with van der Waals surface area (Å²) in [6.07, 6.45) is 0.454. The van der Waals surface area contributed by atoms with E-state index in [1.54, 1.807) is 25.1 Å². The minimum absolute atomic E-state index is 0.125. The average Bonchev–Trinajstić information content (AvgIpc) is 3.28. The number of benzene rings is 1. The van der Waals surface area contributed by atoms with Gasteiger partial charge in [-0.15, -0.1) is 0 Å². The van der Waals surface area contributed by atoms with Crippen LogP contribution in [0, 0.1) is 40.9 Å². The van der Waals surface area contributed by atoms with Crippen molar-refractivity contribution in [2.45, 2.75) is 113 Å². The van der Waals surface area contributed by atoms with E-state index in [-0.39, 0.29) is 23.4 Å². The van der Waals surface area contributed by atoms with Crippen LogP contribution < -0.4 is 9.47 Å². The molecule has 1 aromatic rings. The standard InChI is InChI=1S/C36H51NO10/c1-18-6-11-26-33(3,41)28-20(17-37(26)16-18)21-15-34-25(35(21,42)30(39)29(28)38)10-9-24-32(34,2)13-12-27(36(24,43)47-34)46-31(40)19-7-8-22(44-4)23(14-19)45-5/h7-8,14,18,20-21,24-30,38-39,41-43H,6,9-13,15-17H2,1-5H3/t18-,20?,21?,24?,25?,26-,27-,28?,29?,30-,32-,33?,34+,35-,36-/m0/s1. The molecular formula is C36H51NO10. The predicted molar refractivity (Wildman–Crippen MR) is 168 cm³/mol. The summed E-state index contributed by atoms with van der Waals surface area (Å²) in [5, 5.41) is 61.1. The van der Waals surface area contributed by atoms with Gasteiger partial charge in [0.05, 0.1) is 37.1 Å². The minimum atomic E-state index is -1.79. The number of methoxy groups -OCH3 is 2. The predicted octanol–water partition coefficient (Wildman–Crippen LogP) is 2.10. The Kier molecular flexibility index (Phi) is 7.05. The van der Waals surface area contributed by atoms with Gasteiger partial charge < -0.3 is 44.5 Å².